The van der Waals surface area contributed by atoms with Crippen LogP contribution in [0.2, 0.25) is 0 Å². The quantitative estimate of drug-likeness (QED) is 0.249. The second kappa shape index (κ2) is 11.9. The van der Waals surface area contributed by atoms with Gasteiger partial charge in [0.1, 0.15) is 11.4 Å². The van der Waals surface area contributed by atoms with E-state index in [9.17, 15) is 19.6 Å². The smallest absolute Gasteiger partial charge is 0.281 e. The first kappa shape index (κ1) is 29.1. The molecule has 1 saturated heterocycles. The van der Waals surface area contributed by atoms with E-state index in [1.807, 2.05) is 31.1 Å². The molecule has 1 aliphatic carbocycles. The van der Waals surface area contributed by atoms with Gasteiger partial charge in [-0.25, -0.2) is 0 Å². The number of phenolic OH excluding ortho intramolecular Hbond substituents is 1. The molecule has 2 aromatic heterocycles. The maximum absolute atomic E-state index is 13.8. The molecule has 2 fully saturated rings. The van der Waals surface area contributed by atoms with Gasteiger partial charge in [0.2, 0.25) is 0 Å². The Kier molecular flexibility index (Phi) is 8.42. The molecule has 3 aromatic rings. The fourth-order valence-corrected chi connectivity index (χ4v) is 8.17. The molecule has 41 heavy (non-hydrogen) atoms. The standard InChI is InChI=1S/C28H39N8O4P/c1-17-22(16-35(2)3)27(38)36(20-11-13-41(4,40)14-12-20)28(39)24(17)30-29-23-10-6-9-21(25(23)37)18-7-5-8-19(15-18)26-31-33-34-32-26/h6,9-10,18-20,37-38H,5,7-8,11-16H2,1-4H3,(H,31,32,33,34). The van der Waals surface area contributed by atoms with Gasteiger partial charge < -0.3 is 19.7 Å². The van der Waals surface area contributed by atoms with Crippen LogP contribution in [-0.4, -0.2) is 73.4 Å². The van der Waals surface area contributed by atoms with E-state index in [0.717, 1.165) is 31.2 Å². The summed E-state index contributed by atoms with van der Waals surface area (Å²) in [4.78, 5) is 15.7. The van der Waals surface area contributed by atoms with Crippen LogP contribution in [0.15, 0.2) is 33.2 Å². The minimum Gasteiger partial charge on any atom is -0.505 e. The lowest BCUT2D eigenvalue weighted by atomic mass is 9.77. The minimum atomic E-state index is -2.21. The fraction of sp³-hybridized carbons (Fsp3) is 0.571. The van der Waals surface area contributed by atoms with Crippen molar-refractivity contribution in [1.82, 2.24) is 30.1 Å². The molecule has 2 aliphatic rings. The fourth-order valence-electron chi connectivity index (χ4n) is 6.26. The number of phenols is 1. The second-order valence-corrected chi connectivity index (χ2v) is 15.4. The minimum absolute atomic E-state index is 0.0475. The van der Waals surface area contributed by atoms with Crippen molar-refractivity contribution in [1.29, 1.82) is 0 Å². The molecule has 13 heteroatoms. The first-order chi connectivity index (χ1) is 19.6. The Morgan fingerprint density at radius 2 is 1.85 bits per heavy atom. The number of nitrogens with zero attached hydrogens (tertiary/aromatic N) is 7. The van der Waals surface area contributed by atoms with Gasteiger partial charge in [0.15, 0.2) is 17.4 Å². The number of aromatic nitrogens is 5. The molecular formula is C28H39N8O4P. The van der Waals surface area contributed by atoms with E-state index < -0.39 is 12.7 Å². The number of aromatic amines is 1. The number of hydrogen-bond donors (Lipinski definition) is 3. The number of aromatic hydroxyl groups is 2. The lowest BCUT2D eigenvalue weighted by Crippen LogP contribution is -2.30. The van der Waals surface area contributed by atoms with Gasteiger partial charge in [-0.1, -0.05) is 23.8 Å². The van der Waals surface area contributed by atoms with Crippen LogP contribution < -0.4 is 5.56 Å². The van der Waals surface area contributed by atoms with Crippen molar-refractivity contribution in [3.8, 4) is 11.6 Å². The van der Waals surface area contributed by atoms with E-state index >= 15 is 0 Å². The Morgan fingerprint density at radius 3 is 2.54 bits per heavy atom. The predicted molar refractivity (Wildman–Crippen MR) is 156 cm³/mol. The number of rotatable bonds is 7. The van der Waals surface area contributed by atoms with Crippen molar-refractivity contribution in [3.63, 3.8) is 0 Å². The zero-order valence-electron chi connectivity index (χ0n) is 24.1. The van der Waals surface area contributed by atoms with Crippen LogP contribution in [0.4, 0.5) is 11.4 Å². The molecule has 5 rings (SSSR count). The van der Waals surface area contributed by atoms with E-state index in [0.29, 0.717) is 48.7 Å². The normalized spacial score (nSPS) is 25.2. The average Bonchev–Trinajstić information content (AvgIpc) is 3.48. The van der Waals surface area contributed by atoms with Crippen LogP contribution in [0, 0.1) is 6.92 Å². The van der Waals surface area contributed by atoms with Crippen LogP contribution in [0.25, 0.3) is 0 Å². The van der Waals surface area contributed by atoms with Crippen LogP contribution in [-0.2, 0) is 11.1 Å². The molecule has 0 spiro atoms. The number of benzene rings is 1. The van der Waals surface area contributed by atoms with Gasteiger partial charge in [-0.2, -0.15) is 5.21 Å². The molecule has 2 atom stereocenters. The molecule has 0 radical (unpaired) electrons. The SMILES string of the molecule is Cc1c(CN(C)C)c(O)n(C2CCP(C)(=O)CC2)c(=O)c1N=Nc1cccc(C2CCCC(c3nn[nH]n3)C2)c1O. The summed E-state index contributed by atoms with van der Waals surface area (Å²) in [6.07, 6.45) is 5.83. The summed E-state index contributed by atoms with van der Waals surface area (Å²) in [6.45, 7) is 3.97. The van der Waals surface area contributed by atoms with Gasteiger partial charge in [-0.3, -0.25) is 9.36 Å². The monoisotopic (exact) mass is 582 g/mol. The zero-order chi connectivity index (χ0) is 29.3. The summed E-state index contributed by atoms with van der Waals surface area (Å²) in [5, 5.41) is 45.8. The van der Waals surface area contributed by atoms with Crippen molar-refractivity contribution in [2.75, 3.05) is 33.1 Å². The molecule has 1 saturated carbocycles. The van der Waals surface area contributed by atoms with Crippen LogP contribution in [0.1, 0.15) is 78.9 Å². The van der Waals surface area contributed by atoms with E-state index in [4.69, 9.17) is 0 Å². The third-order valence-electron chi connectivity index (χ3n) is 8.58. The molecule has 220 valence electrons. The third-order valence-corrected chi connectivity index (χ3v) is 11.0. The van der Waals surface area contributed by atoms with Crippen molar-refractivity contribution in [3.05, 3.63) is 51.1 Å². The highest BCUT2D eigenvalue weighted by Crippen LogP contribution is 2.50. The van der Waals surface area contributed by atoms with Crippen LogP contribution in [0.5, 0.6) is 11.6 Å². The van der Waals surface area contributed by atoms with E-state index in [1.54, 1.807) is 19.7 Å². The highest BCUT2D eigenvalue weighted by atomic mass is 31.2. The molecule has 12 nitrogen and oxygen atoms in total. The van der Waals surface area contributed by atoms with Gasteiger partial charge in [0.25, 0.3) is 5.56 Å². The van der Waals surface area contributed by atoms with Crippen molar-refractivity contribution in [2.24, 2.45) is 10.2 Å². The Labute approximate surface area is 239 Å². The number of nitrogens with one attached hydrogen (secondary N) is 1. The summed E-state index contributed by atoms with van der Waals surface area (Å²) in [5.41, 5.74) is 1.90. The maximum Gasteiger partial charge on any atom is 0.281 e. The van der Waals surface area contributed by atoms with E-state index in [-0.39, 0.29) is 40.9 Å². The number of pyridine rings is 1. The first-order valence-electron chi connectivity index (χ1n) is 14.2. The number of tetrazole rings is 1. The Balaban J connectivity index is 1.49. The molecule has 0 bridgehead atoms. The molecule has 1 aliphatic heterocycles. The Hall–Kier alpha value is -3.37. The van der Waals surface area contributed by atoms with E-state index in [2.05, 4.69) is 30.9 Å². The Bertz CT molecular complexity index is 1520. The summed E-state index contributed by atoms with van der Waals surface area (Å²) in [6, 6.07) is 5.15. The Morgan fingerprint density at radius 1 is 1.12 bits per heavy atom. The summed E-state index contributed by atoms with van der Waals surface area (Å²) < 4.78 is 14.0. The number of para-hydroxylation sites is 1. The first-order valence-corrected chi connectivity index (χ1v) is 16.7. The molecule has 2 unspecified atom stereocenters. The molecule has 0 amide bonds. The predicted octanol–water partition coefficient (Wildman–Crippen LogP) is 5.33. The third kappa shape index (κ3) is 6.13. The van der Waals surface area contributed by atoms with Gasteiger partial charge >= 0.3 is 0 Å². The second-order valence-electron chi connectivity index (χ2n) is 11.9. The van der Waals surface area contributed by atoms with Gasteiger partial charge in [0, 0.05) is 36.4 Å². The van der Waals surface area contributed by atoms with Crippen LogP contribution >= 0.6 is 7.14 Å². The van der Waals surface area contributed by atoms with E-state index in [1.165, 1.54) is 4.57 Å². The molecular weight excluding hydrogens is 543 g/mol. The summed E-state index contributed by atoms with van der Waals surface area (Å²) >= 11 is 0. The number of hydrogen-bond acceptors (Lipinski definition) is 10. The van der Waals surface area contributed by atoms with Crippen molar-refractivity contribution >= 4 is 18.5 Å². The van der Waals surface area contributed by atoms with Gasteiger partial charge in [-0.05, 0) is 82.9 Å². The highest BCUT2D eigenvalue weighted by Gasteiger charge is 2.32. The number of H-pyrrole nitrogens is 1. The topological polar surface area (TPSA) is 162 Å². The van der Waals surface area contributed by atoms with Crippen molar-refractivity contribution in [2.45, 2.75) is 69.9 Å². The number of azo groups is 1. The maximum atomic E-state index is 13.8. The van der Waals surface area contributed by atoms with Crippen LogP contribution in [0.3, 0.4) is 0 Å². The zero-order valence-corrected chi connectivity index (χ0v) is 25.0. The summed E-state index contributed by atoms with van der Waals surface area (Å²) in [5.74, 6) is 0.925. The lowest BCUT2D eigenvalue weighted by molar-refractivity contribution is 0.330. The average molecular weight is 583 g/mol. The van der Waals surface area contributed by atoms with Gasteiger partial charge in [-0.15, -0.1) is 20.4 Å². The largest absolute Gasteiger partial charge is 0.505 e. The highest BCUT2D eigenvalue weighted by molar-refractivity contribution is 7.63. The molecule has 1 aromatic carbocycles. The molecule has 3 heterocycles. The molecule has 3 N–H and O–H groups in total. The lowest BCUT2D eigenvalue weighted by Gasteiger charge is -2.30. The summed E-state index contributed by atoms with van der Waals surface area (Å²) in [7, 11) is 1.57. The van der Waals surface area contributed by atoms with Gasteiger partial charge in [0.05, 0.1) is 7.14 Å². The van der Waals surface area contributed by atoms with Crippen molar-refractivity contribution < 1.29 is 14.8 Å².